The standard InChI is InChI=1S/C22H23Cl2N5O5S/c1-13(2)14-6-8-15(9-7-14)35(33,34)27-19(11-22(31)32)20(30)12-29-26-21(25-28-29)10-16-17(23)4-3-5-18(16)24/h3-9,13,19,27H,10-12H2,1-2H3,(H,31,32). The van der Waals surface area contributed by atoms with E-state index < -0.39 is 40.8 Å². The Morgan fingerprint density at radius 2 is 1.71 bits per heavy atom. The first-order chi connectivity index (χ1) is 16.5. The van der Waals surface area contributed by atoms with Crippen molar-refractivity contribution in [3.63, 3.8) is 0 Å². The van der Waals surface area contributed by atoms with Crippen LogP contribution in [-0.2, 0) is 32.6 Å². The summed E-state index contributed by atoms with van der Waals surface area (Å²) < 4.78 is 27.8. The van der Waals surface area contributed by atoms with Gasteiger partial charge in [0.15, 0.2) is 11.6 Å². The molecule has 0 aliphatic carbocycles. The molecular formula is C22H23Cl2N5O5S. The van der Waals surface area contributed by atoms with E-state index in [-0.39, 0.29) is 23.1 Å². The number of nitrogens with zero attached hydrogens (tertiary/aromatic N) is 4. The van der Waals surface area contributed by atoms with E-state index in [9.17, 15) is 23.1 Å². The molecular weight excluding hydrogens is 517 g/mol. The number of hydrogen-bond donors (Lipinski definition) is 2. The highest BCUT2D eigenvalue weighted by molar-refractivity contribution is 7.89. The van der Waals surface area contributed by atoms with Crippen LogP contribution in [0.5, 0.6) is 0 Å². The van der Waals surface area contributed by atoms with Gasteiger partial charge in [-0.05, 0) is 46.5 Å². The van der Waals surface area contributed by atoms with Gasteiger partial charge < -0.3 is 5.11 Å². The van der Waals surface area contributed by atoms with Crippen molar-refractivity contribution in [1.29, 1.82) is 0 Å². The summed E-state index contributed by atoms with van der Waals surface area (Å²) >= 11 is 12.3. The van der Waals surface area contributed by atoms with Gasteiger partial charge in [0.05, 0.1) is 17.4 Å². The van der Waals surface area contributed by atoms with Gasteiger partial charge in [-0.25, -0.2) is 8.42 Å². The van der Waals surface area contributed by atoms with Crippen LogP contribution in [0.4, 0.5) is 0 Å². The molecule has 13 heteroatoms. The van der Waals surface area contributed by atoms with Crippen LogP contribution in [0.25, 0.3) is 0 Å². The van der Waals surface area contributed by atoms with Crippen LogP contribution in [-0.4, -0.2) is 51.5 Å². The molecule has 2 N–H and O–H groups in total. The maximum Gasteiger partial charge on any atom is 0.305 e. The lowest BCUT2D eigenvalue weighted by molar-refractivity contribution is -0.139. The van der Waals surface area contributed by atoms with Gasteiger partial charge in [-0.15, -0.1) is 10.2 Å². The number of halogens is 2. The molecule has 2 aromatic carbocycles. The van der Waals surface area contributed by atoms with E-state index in [1.807, 2.05) is 13.8 Å². The Kier molecular flexibility index (Phi) is 8.60. The third-order valence-corrected chi connectivity index (χ3v) is 7.31. The lowest BCUT2D eigenvalue weighted by Gasteiger charge is -2.16. The number of benzene rings is 2. The van der Waals surface area contributed by atoms with Crippen molar-refractivity contribution >= 4 is 45.0 Å². The molecule has 1 atom stereocenters. The Morgan fingerprint density at radius 1 is 1.09 bits per heavy atom. The SMILES string of the molecule is CC(C)c1ccc(S(=O)(=O)NC(CC(=O)O)C(=O)Cn2nnc(Cc3c(Cl)cccc3Cl)n2)cc1. The molecule has 10 nitrogen and oxygen atoms in total. The van der Waals surface area contributed by atoms with Crippen molar-refractivity contribution in [2.24, 2.45) is 0 Å². The highest BCUT2D eigenvalue weighted by Crippen LogP contribution is 2.25. The summed E-state index contributed by atoms with van der Waals surface area (Å²) in [6.45, 7) is 3.45. The zero-order chi connectivity index (χ0) is 25.8. The van der Waals surface area contributed by atoms with Gasteiger partial charge in [0, 0.05) is 16.5 Å². The van der Waals surface area contributed by atoms with E-state index >= 15 is 0 Å². The minimum atomic E-state index is -4.16. The number of carbonyl (C=O) groups excluding carboxylic acids is 1. The van der Waals surface area contributed by atoms with Crippen LogP contribution in [0.3, 0.4) is 0 Å². The van der Waals surface area contributed by atoms with Crippen LogP contribution in [0, 0.1) is 0 Å². The van der Waals surface area contributed by atoms with Gasteiger partial charge in [-0.2, -0.15) is 9.52 Å². The molecule has 0 saturated carbocycles. The fourth-order valence-electron chi connectivity index (χ4n) is 3.21. The number of hydrogen-bond acceptors (Lipinski definition) is 7. The van der Waals surface area contributed by atoms with Gasteiger partial charge in [-0.3, -0.25) is 9.59 Å². The number of Topliss-reactive ketones (excluding diaryl/α,β-unsaturated/α-hetero) is 1. The molecule has 0 saturated heterocycles. The fraction of sp³-hybridized carbons (Fsp3) is 0.318. The van der Waals surface area contributed by atoms with Gasteiger partial charge in [0.2, 0.25) is 10.0 Å². The molecule has 186 valence electrons. The van der Waals surface area contributed by atoms with E-state index in [0.717, 1.165) is 10.4 Å². The van der Waals surface area contributed by atoms with E-state index in [1.165, 1.54) is 12.1 Å². The minimum Gasteiger partial charge on any atom is -0.481 e. The first-order valence-corrected chi connectivity index (χ1v) is 12.8. The van der Waals surface area contributed by atoms with Crippen LogP contribution in [0.1, 0.15) is 43.1 Å². The quantitative estimate of drug-likeness (QED) is 0.378. The van der Waals surface area contributed by atoms with Gasteiger partial charge in [0.25, 0.3) is 0 Å². The number of sulfonamides is 1. The maximum atomic E-state index is 12.8. The van der Waals surface area contributed by atoms with E-state index in [1.54, 1.807) is 30.3 Å². The molecule has 3 rings (SSSR count). The average molecular weight is 540 g/mol. The molecule has 0 aliphatic heterocycles. The highest BCUT2D eigenvalue weighted by Gasteiger charge is 2.28. The Morgan fingerprint density at radius 3 is 2.29 bits per heavy atom. The highest BCUT2D eigenvalue weighted by atomic mass is 35.5. The monoisotopic (exact) mass is 539 g/mol. The molecule has 0 aliphatic rings. The zero-order valence-electron chi connectivity index (χ0n) is 18.9. The van der Waals surface area contributed by atoms with Crippen LogP contribution >= 0.6 is 23.2 Å². The number of aliphatic carboxylic acids is 1. The second kappa shape index (κ2) is 11.3. The number of carboxylic acids is 1. The number of aromatic nitrogens is 4. The molecule has 1 aromatic heterocycles. The van der Waals surface area contributed by atoms with Crippen LogP contribution in [0.2, 0.25) is 10.0 Å². The summed E-state index contributed by atoms with van der Waals surface area (Å²) in [5.74, 6) is -1.65. The Hall–Kier alpha value is -2.86. The molecule has 0 radical (unpaired) electrons. The van der Waals surface area contributed by atoms with Crippen molar-refractivity contribution in [1.82, 2.24) is 24.9 Å². The summed E-state index contributed by atoms with van der Waals surface area (Å²) in [4.78, 5) is 25.0. The Labute approximate surface area is 212 Å². The van der Waals surface area contributed by atoms with Gasteiger partial charge >= 0.3 is 5.97 Å². The second-order valence-electron chi connectivity index (χ2n) is 8.07. The third-order valence-electron chi connectivity index (χ3n) is 5.11. The first kappa shape index (κ1) is 26.7. The molecule has 35 heavy (non-hydrogen) atoms. The largest absolute Gasteiger partial charge is 0.481 e. The van der Waals surface area contributed by atoms with Gasteiger partial charge in [0.1, 0.15) is 6.54 Å². The summed E-state index contributed by atoms with van der Waals surface area (Å²) in [5, 5.41) is 21.8. The smallest absolute Gasteiger partial charge is 0.305 e. The van der Waals surface area contributed by atoms with Crippen LogP contribution in [0.15, 0.2) is 47.4 Å². The van der Waals surface area contributed by atoms with Crippen LogP contribution < -0.4 is 4.72 Å². The average Bonchev–Trinajstić information content (AvgIpc) is 3.22. The summed E-state index contributed by atoms with van der Waals surface area (Å²) in [6.07, 6.45) is -0.594. The van der Waals surface area contributed by atoms with Crippen molar-refractivity contribution in [3.05, 3.63) is 69.5 Å². The summed E-state index contributed by atoms with van der Waals surface area (Å²) in [5.41, 5.74) is 1.52. The predicted molar refractivity (Wildman–Crippen MR) is 129 cm³/mol. The molecule has 1 unspecified atom stereocenters. The lowest BCUT2D eigenvalue weighted by atomic mass is 10.0. The number of rotatable bonds is 11. The maximum absolute atomic E-state index is 12.8. The summed E-state index contributed by atoms with van der Waals surface area (Å²) in [7, 11) is -4.16. The topological polar surface area (TPSA) is 144 Å². The predicted octanol–water partition coefficient (Wildman–Crippen LogP) is 3.09. The molecule has 0 amide bonds. The van der Waals surface area contributed by atoms with Crippen molar-refractivity contribution in [2.45, 2.75) is 50.1 Å². The second-order valence-corrected chi connectivity index (χ2v) is 10.6. The van der Waals surface area contributed by atoms with E-state index in [4.69, 9.17) is 23.2 Å². The Balaban J connectivity index is 1.74. The number of carbonyl (C=O) groups is 2. The number of tetrazole rings is 1. The normalized spacial score (nSPS) is 12.6. The molecule has 3 aromatic rings. The minimum absolute atomic E-state index is 0.0807. The molecule has 0 bridgehead atoms. The first-order valence-electron chi connectivity index (χ1n) is 10.5. The number of carboxylic acid groups (broad SMARTS) is 1. The molecule has 1 heterocycles. The Bertz CT molecular complexity index is 1310. The molecule has 0 spiro atoms. The lowest BCUT2D eigenvalue weighted by Crippen LogP contribution is -2.43. The van der Waals surface area contributed by atoms with Crippen molar-refractivity contribution < 1.29 is 23.1 Å². The third kappa shape index (κ3) is 7.07. The summed E-state index contributed by atoms with van der Waals surface area (Å²) in [6, 6.07) is 9.63. The fourth-order valence-corrected chi connectivity index (χ4v) is 4.96. The number of nitrogens with one attached hydrogen (secondary N) is 1. The molecule has 0 fully saturated rings. The van der Waals surface area contributed by atoms with Crippen molar-refractivity contribution in [3.8, 4) is 0 Å². The zero-order valence-corrected chi connectivity index (χ0v) is 21.2. The van der Waals surface area contributed by atoms with E-state index in [2.05, 4.69) is 20.1 Å². The van der Waals surface area contributed by atoms with E-state index in [0.29, 0.717) is 15.6 Å². The number of ketones is 1. The van der Waals surface area contributed by atoms with Crippen molar-refractivity contribution in [2.75, 3.05) is 0 Å². The van der Waals surface area contributed by atoms with Gasteiger partial charge in [-0.1, -0.05) is 55.2 Å².